The monoisotopic (exact) mass is 442 g/mol. The Labute approximate surface area is 182 Å². The lowest BCUT2D eigenvalue weighted by Crippen LogP contribution is -2.06. The predicted molar refractivity (Wildman–Crippen MR) is 115 cm³/mol. The summed E-state index contributed by atoms with van der Waals surface area (Å²) >= 11 is 12.4. The molecule has 1 aromatic heterocycles. The van der Waals surface area contributed by atoms with E-state index in [1.807, 2.05) is 36.4 Å². The standard InChI is InChI=1S/C22H16Cl2N2O4/c23-16-8-9-20(29-13-14-4-1-2-5-18(14)24)15(10-16)12-26-19-6-3-7-21(30-22(27)28)17(19)11-25-26/h1-11H,12-13H2,(H,27,28). The Balaban J connectivity index is 1.63. The highest BCUT2D eigenvalue weighted by atomic mass is 35.5. The second-order valence-electron chi connectivity index (χ2n) is 6.49. The van der Waals surface area contributed by atoms with Crippen LogP contribution in [-0.4, -0.2) is 21.0 Å². The van der Waals surface area contributed by atoms with Crippen molar-refractivity contribution in [2.75, 3.05) is 0 Å². The molecule has 0 bridgehead atoms. The zero-order chi connectivity index (χ0) is 21.1. The van der Waals surface area contributed by atoms with E-state index < -0.39 is 6.16 Å². The summed E-state index contributed by atoms with van der Waals surface area (Å²) in [5, 5.41) is 15.1. The lowest BCUT2D eigenvalue weighted by molar-refractivity contribution is 0.145. The van der Waals surface area contributed by atoms with Gasteiger partial charge in [0.15, 0.2) is 0 Å². The summed E-state index contributed by atoms with van der Waals surface area (Å²) in [6.07, 6.45) is 0.197. The van der Waals surface area contributed by atoms with Crippen molar-refractivity contribution in [2.45, 2.75) is 13.2 Å². The van der Waals surface area contributed by atoms with Crippen LogP contribution in [0.25, 0.3) is 10.9 Å². The molecule has 6 nitrogen and oxygen atoms in total. The maximum Gasteiger partial charge on any atom is 0.511 e. The largest absolute Gasteiger partial charge is 0.511 e. The van der Waals surface area contributed by atoms with Crippen molar-refractivity contribution < 1.29 is 19.4 Å². The summed E-state index contributed by atoms with van der Waals surface area (Å²) in [5.74, 6) is 0.883. The van der Waals surface area contributed by atoms with Crippen LogP contribution in [0.5, 0.6) is 11.5 Å². The molecule has 0 aliphatic rings. The number of halogens is 2. The Bertz CT molecular complexity index is 1220. The summed E-state index contributed by atoms with van der Waals surface area (Å²) in [6, 6.07) is 18.0. The van der Waals surface area contributed by atoms with Gasteiger partial charge in [-0.25, -0.2) is 4.79 Å². The first-order valence-corrected chi connectivity index (χ1v) is 9.77. The van der Waals surface area contributed by atoms with Gasteiger partial charge in [-0.15, -0.1) is 0 Å². The molecular weight excluding hydrogens is 427 g/mol. The minimum absolute atomic E-state index is 0.229. The van der Waals surface area contributed by atoms with Gasteiger partial charge in [0.1, 0.15) is 18.1 Å². The van der Waals surface area contributed by atoms with Gasteiger partial charge in [0.2, 0.25) is 0 Å². The molecule has 4 rings (SSSR count). The maximum atomic E-state index is 10.9. The van der Waals surface area contributed by atoms with E-state index in [0.717, 1.165) is 16.6 Å². The second-order valence-corrected chi connectivity index (χ2v) is 7.33. The first kappa shape index (κ1) is 20.1. The van der Waals surface area contributed by atoms with Crippen LogP contribution in [0.3, 0.4) is 0 Å². The van der Waals surface area contributed by atoms with Crippen molar-refractivity contribution in [3.63, 3.8) is 0 Å². The lowest BCUT2D eigenvalue weighted by atomic mass is 10.2. The Morgan fingerprint density at radius 1 is 1.00 bits per heavy atom. The van der Waals surface area contributed by atoms with Gasteiger partial charge in [0, 0.05) is 21.2 Å². The molecule has 0 saturated heterocycles. The SMILES string of the molecule is O=C(O)Oc1cccc2c1cnn2Cc1cc(Cl)ccc1OCc1ccccc1Cl. The summed E-state index contributed by atoms with van der Waals surface area (Å²) < 4.78 is 12.6. The van der Waals surface area contributed by atoms with Crippen LogP contribution < -0.4 is 9.47 Å². The molecule has 0 saturated carbocycles. The Morgan fingerprint density at radius 2 is 1.83 bits per heavy atom. The summed E-state index contributed by atoms with van der Waals surface area (Å²) in [6.45, 7) is 0.684. The van der Waals surface area contributed by atoms with Crippen molar-refractivity contribution in [1.82, 2.24) is 9.78 Å². The van der Waals surface area contributed by atoms with Gasteiger partial charge < -0.3 is 14.6 Å². The van der Waals surface area contributed by atoms with Gasteiger partial charge in [-0.3, -0.25) is 4.68 Å². The van der Waals surface area contributed by atoms with E-state index in [1.165, 1.54) is 0 Å². The third-order valence-corrected chi connectivity index (χ3v) is 5.13. The molecule has 1 N–H and O–H groups in total. The van der Waals surface area contributed by atoms with Gasteiger partial charge in [-0.1, -0.05) is 47.5 Å². The van der Waals surface area contributed by atoms with Crippen LogP contribution >= 0.6 is 23.2 Å². The van der Waals surface area contributed by atoms with Crippen molar-refractivity contribution >= 4 is 40.3 Å². The number of aromatic nitrogens is 2. The van der Waals surface area contributed by atoms with E-state index in [9.17, 15) is 4.79 Å². The van der Waals surface area contributed by atoms with Crippen molar-refractivity contribution in [3.8, 4) is 11.5 Å². The average Bonchev–Trinajstić information content (AvgIpc) is 3.12. The number of carboxylic acid groups (broad SMARTS) is 1. The molecule has 0 atom stereocenters. The normalized spacial score (nSPS) is 10.9. The molecule has 0 fully saturated rings. The van der Waals surface area contributed by atoms with E-state index in [-0.39, 0.29) is 5.75 Å². The van der Waals surface area contributed by atoms with Crippen molar-refractivity contribution in [3.05, 3.63) is 88.0 Å². The quantitative estimate of drug-likeness (QED) is 0.291. The fraction of sp³-hybridized carbons (Fsp3) is 0.0909. The van der Waals surface area contributed by atoms with E-state index in [4.69, 9.17) is 37.8 Å². The van der Waals surface area contributed by atoms with Crippen molar-refractivity contribution in [1.29, 1.82) is 0 Å². The molecule has 152 valence electrons. The van der Waals surface area contributed by atoms with Crippen LogP contribution in [0.1, 0.15) is 11.1 Å². The van der Waals surface area contributed by atoms with E-state index in [0.29, 0.717) is 34.3 Å². The molecule has 30 heavy (non-hydrogen) atoms. The van der Waals surface area contributed by atoms with Gasteiger partial charge >= 0.3 is 6.16 Å². The first-order valence-electron chi connectivity index (χ1n) is 9.01. The highest BCUT2D eigenvalue weighted by Gasteiger charge is 2.13. The number of hydrogen-bond acceptors (Lipinski definition) is 4. The maximum absolute atomic E-state index is 10.9. The van der Waals surface area contributed by atoms with E-state index in [1.54, 1.807) is 35.1 Å². The number of carbonyl (C=O) groups is 1. The third-order valence-electron chi connectivity index (χ3n) is 4.53. The number of ether oxygens (including phenoxy) is 2. The fourth-order valence-electron chi connectivity index (χ4n) is 3.13. The smallest absolute Gasteiger partial charge is 0.488 e. The number of fused-ring (bicyclic) bond motifs is 1. The fourth-order valence-corrected chi connectivity index (χ4v) is 3.52. The Morgan fingerprint density at radius 3 is 2.63 bits per heavy atom. The highest BCUT2D eigenvalue weighted by molar-refractivity contribution is 6.31. The first-order chi connectivity index (χ1) is 14.5. The molecule has 0 aliphatic carbocycles. The minimum Gasteiger partial charge on any atom is -0.488 e. The molecule has 3 aromatic carbocycles. The molecule has 0 unspecified atom stereocenters. The zero-order valence-corrected chi connectivity index (χ0v) is 17.1. The number of rotatable bonds is 6. The highest BCUT2D eigenvalue weighted by Crippen LogP contribution is 2.29. The van der Waals surface area contributed by atoms with Gasteiger partial charge in [-0.05, 0) is 36.4 Å². The van der Waals surface area contributed by atoms with E-state index in [2.05, 4.69) is 5.10 Å². The van der Waals surface area contributed by atoms with E-state index >= 15 is 0 Å². The van der Waals surface area contributed by atoms with Gasteiger partial charge in [0.25, 0.3) is 0 Å². The molecule has 0 radical (unpaired) electrons. The summed E-state index contributed by atoms with van der Waals surface area (Å²) in [5.41, 5.74) is 2.43. The second kappa shape index (κ2) is 8.65. The minimum atomic E-state index is -1.37. The van der Waals surface area contributed by atoms with Crippen LogP contribution in [0.15, 0.2) is 66.9 Å². The topological polar surface area (TPSA) is 73.6 Å². The lowest BCUT2D eigenvalue weighted by Gasteiger charge is -2.13. The van der Waals surface area contributed by atoms with Crippen LogP contribution in [-0.2, 0) is 13.2 Å². The molecular formula is C22H16Cl2N2O4. The third kappa shape index (κ3) is 4.35. The summed E-state index contributed by atoms with van der Waals surface area (Å²) in [4.78, 5) is 10.9. The molecule has 4 aromatic rings. The van der Waals surface area contributed by atoms with Crippen LogP contribution in [0.4, 0.5) is 4.79 Å². The van der Waals surface area contributed by atoms with Crippen LogP contribution in [0.2, 0.25) is 10.0 Å². The molecule has 1 heterocycles. The van der Waals surface area contributed by atoms with Crippen LogP contribution in [0, 0.1) is 0 Å². The zero-order valence-electron chi connectivity index (χ0n) is 15.6. The summed E-state index contributed by atoms with van der Waals surface area (Å²) in [7, 11) is 0. The number of benzene rings is 3. The number of nitrogens with zero attached hydrogens (tertiary/aromatic N) is 2. The molecule has 8 heteroatoms. The van der Waals surface area contributed by atoms with Gasteiger partial charge in [0.05, 0.1) is 23.6 Å². The average molecular weight is 443 g/mol. The molecule has 0 aliphatic heterocycles. The van der Waals surface area contributed by atoms with Crippen molar-refractivity contribution in [2.24, 2.45) is 0 Å². The molecule has 0 amide bonds. The van der Waals surface area contributed by atoms with Gasteiger partial charge in [-0.2, -0.15) is 5.10 Å². The predicted octanol–water partition coefficient (Wildman–Crippen LogP) is 6.03. The number of hydrogen-bond donors (Lipinski definition) is 1. The molecule has 0 spiro atoms. The Kier molecular flexibility index (Phi) is 5.79. The Hall–Kier alpha value is -3.22.